The number of halogens is 1. The van der Waals surface area contributed by atoms with Crippen LogP contribution in [0, 0.1) is 0 Å². The highest BCUT2D eigenvalue weighted by atomic mass is 79.9. The second kappa shape index (κ2) is 7.48. The van der Waals surface area contributed by atoms with Crippen molar-refractivity contribution >= 4 is 21.6 Å². The summed E-state index contributed by atoms with van der Waals surface area (Å²) in [6.45, 7) is 1.44. The summed E-state index contributed by atoms with van der Waals surface area (Å²) in [5.74, 6) is 0.916. The van der Waals surface area contributed by atoms with Gasteiger partial charge in [0, 0.05) is 29.3 Å². The molecule has 0 heterocycles. The largest absolute Gasteiger partial charge is 0.496 e. The second-order valence-electron chi connectivity index (χ2n) is 4.98. The van der Waals surface area contributed by atoms with Crippen molar-refractivity contribution in [1.29, 1.82) is 0 Å². The summed E-state index contributed by atoms with van der Waals surface area (Å²) < 4.78 is 6.50. The van der Waals surface area contributed by atoms with Gasteiger partial charge in [-0.15, -0.1) is 0 Å². The fourth-order valence-electron chi connectivity index (χ4n) is 2.43. The van der Waals surface area contributed by atoms with Crippen LogP contribution in [0.25, 0.3) is 0 Å². The van der Waals surface area contributed by atoms with Crippen LogP contribution in [0.5, 0.6) is 5.75 Å². The molecule has 4 heteroatoms. The third kappa shape index (κ3) is 3.99. The van der Waals surface area contributed by atoms with Crippen molar-refractivity contribution in [2.45, 2.75) is 13.0 Å². The van der Waals surface area contributed by atoms with Gasteiger partial charge in [0.15, 0.2) is 0 Å². The standard InChI is InChI=1S/C17H21BrN2O/c1-20(12-14-5-3-4-6-17(14)21-2)16-11-15(18)8-7-13(16)9-10-19/h3-8,11H,9-10,12,19H2,1-2H3. The Labute approximate surface area is 134 Å². The first-order valence-electron chi connectivity index (χ1n) is 6.97. The van der Waals surface area contributed by atoms with Crippen LogP contribution in [0.3, 0.4) is 0 Å². The Hall–Kier alpha value is -1.52. The van der Waals surface area contributed by atoms with E-state index in [9.17, 15) is 0 Å². The van der Waals surface area contributed by atoms with E-state index in [2.05, 4.69) is 52.1 Å². The zero-order valence-electron chi connectivity index (χ0n) is 12.5. The summed E-state index contributed by atoms with van der Waals surface area (Å²) in [6, 6.07) is 14.4. The van der Waals surface area contributed by atoms with Crippen molar-refractivity contribution < 1.29 is 4.74 Å². The highest BCUT2D eigenvalue weighted by Crippen LogP contribution is 2.27. The van der Waals surface area contributed by atoms with E-state index in [4.69, 9.17) is 10.5 Å². The van der Waals surface area contributed by atoms with Crippen LogP contribution in [0.4, 0.5) is 5.69 Å². The molecule has 0 aliphatic carbocycles. The van der Waals surface area contributed by atoms with E-state index in [-0.39, 0.29) is 0 Å². The zero-order chi connectivity index (χ0) is 15.2. The highest BCUT2D eigenvalue weighted by Gasteiger charge is 2.11. The molecule has 0 aliphatic heterocycles. The maximum absolute atomic E-state index is 5.72. The average molecular weight is 349 g/mol. The number of hydrogen-bond acceptors (Lipinski definition) is 3. The first-order valence-corrected chi connectivity index (χ1v) is 7.76. The van der Waals surface area contributed by atoms with Gasteiger partial charge in [0.05, 0.1) is 7.11 Å². The Kier molecular flexibility index (Phi) is 5.65. The molecule has 0 aromatic heterocycles. The van der Waals surface area contributed by atoms with Crippen LogP contribution in [-0.4, -0.2) is 20.7 Å². The molecular formula is C17H21BrN2O. The van der Waals surface area contributed by atoms with Gasteiger partial charge in [-0.3, -0.25) is 0 Å². The van der Waals surface area contributed by atoms with E-state index >= 15 is 0 Å². The van der Waals surface area contributed by atoms with Gasteiger partial charge in [-0.1, -0.05) is 40.2 Å². The number of methoxy groups -OCH3 is 1. The molecule has 2 aromatic carbocycles. The summed E-state index contributed by atoms with van der Waals surface area (Å²) >= 11 is 3.55. The molecule has 0 unspecified atom stereocenters. The summed E-state index contributed by atoms with van der Waals surface area (Å²) in [5.41, 5.74) is 9.34. The van der Waals surface area contributed by atoms with Crippen molar-refractivity contribution in [2.24, 2.45) is 5.73 Å². The first-order chi connectivity index (χ1) is 10.2. The molecule has 112 valence electrons. The number of nitrogens with zero attached hydrogens (tertiary/aromatic N) is 1. The summed E-state index contributed by atoms with van der Waals surface area (Å²) in [5, 5.41) is 0. The van der Waals surface area contributed by atoms with Crippen molar-refractivity contribution in [2.75, 3.05) is 25.6 Å². The van der Waals surface area contributed by atoms with E-state index in [1.165, 1.54) is 16.8 Å². The van der Waals surface area contributed by atoms with E-state index in [1.54, 1.807) is 7.11 Å². The van der Waals surface area contributed by atoms with Gasteiger partial charge in [0.25, 0.3) is 0 Å². The molecule has 0 saturated heterocycles. The van der Waals surface area contributed by atoms with Gasteiger partial charge in [0.2, 0.25) is 0 Å². The highest BCUT2D eigenvalue weighted by molar-refractivity contribution is 9.10. The first kappa shape index (κ1) is 15.9. The van der Waals surface area contributed by atoms with Gasteiger partial charge in [-0.05, 0) is 36.7 Å². The van der Waals surface area contributed by atoms with Gasteiger partial charge in [0.1, 0.15) is 5.75 Å². The van der Waals surface area contributed by atoms with Crippen molar-refractivity contribution in [3.05, 3.63) is 58.1 Å². The number of rotatable bonds is 6. The minimum atomic E-state index is 0.650. The minimum Gasteiger partial charge on any atom is -0.496 e. The lowest BCUT2D eigenvalue weighted by molar-refractivity contribution is 0.409. The molecule has 0 amide bonds. The monoisotopic (exact) mass is 348 g/mol. The fraction of sp³-hybridized carbons (Fsp3) is 0.294. The molecule has 3 nitrogen and oxygen atoms in total. The topological polar surface area (TPSA) is 38.5 Å². The van der Waals surface area contributed by atoms with E-state index in [1.807, 2.05) is 18.2 Å². The van der Waals surface area contributed by atoms with Crippen LogP contribution in [0.1, 0.15) is 11.1 Å². The van der Waals surface area contributed by atoms with Crippen LogP contribution in [0.15, 0.2) is 46.9 Å². The lowest BCUT2D eigenvalue weighted by atomic mass is 10.1. The number of para-hydroxylation sites is 1. The minimum absolute atomic E-state index is 0.650. The van der Waals surface area contributed by atoms with Crippen LogP contribution in [-0.2, 0) is 13.0 Å². The Morgan fingerprint density at radius 3 is 2.62 bits per heavy atom. The molecule has 0 radical (unpaired) electrons. The van der Waals surface area contributed by atoms with Gasteiger partial charge < -0.3 is 15.4 Å². The Bertz CT molecular complexity index is 601. The molecule has 2 aromatic rings. The van der Waals surface area contributed by atoms with Crippen LogP contribution < -0.4 is 15.4 Å². The van der Waals surface area contributed by atoms with E-state index in [0.29, 0.717) is 6.54 Å². The molecule has 0 atom stereocenters. The third-order valence-corrected chi connectivity index (χ3v) is 3.97. The number of benzene rings is 2. The normalized spacial score (nSPS) is 10.5. The predicted octanol–water partition coefficient (Wildman–Crippen LogP) is 3.60. The number of ether oxygens (including phenoxy) is 1. The SMILES string of the molecule is COc1ccccc1CN(C)c1cc(Br)ccc1CCN. The van der Waals surface area contributed by atoms with Crippen molar-refractivity contribution in [1.82, 2.24) is 0 Å². The maximum atomic E-state index is 5.72. The molecule has 0 aliphatic rings. The van der Waals surface area contributed by atoms with Crippen molar-refractivity contribution in [3.63, 3.8) is 0 Å². The van der Waals surface area contributed by atoms with E-state index in [0.717, 1.165) is 23.2 Å². The zero-order valence-corrected chi connectivity index (χ0v) is 14.1. The van der Waals surface area contributed by atoms with E-state index < -0.39 is 0 Å². The summed E-state index contributed by atoms with van der Waals surface area (Å²) in [6.07, 6.45) is 0.874. The van der Waals surface area contributed by atoms with Crippen LogP contribution >= 0.6 is 15.9 Å². The molecule has 0 spiro atoms. The molecule has 0 saturated carbocycles. The Morgan fingerprint density at radius 2 is 1.90 bits per heavy atom. The summed E-state index contributed by atoms with van der Waals surface area (Å²) in [4.78, 5) is 2.23. The third-order valence-electron chi connectivity index (χ3n) is 3.47. The molecule has 0 bridgehead atoms. The van der Waals surface area contributed by atoms with Gasteiger partial charge in [-0.2, -0.15) is 0 Å². The predicted molar refractivity (Wildman–Crippen MR) is 92.0 cm³/mol. The van der Waals surface area contributed by atoms with Gasteiger partial charge >= 0.3 is 0 Å². The average Bonchev–Trinajstić information content (AvgIpc) is 2.49. The summed E-state index contributed by atoms with van der Waals surface area (Å²) in [7, 11) is 3.80. The number of hydrogen-bond donors (Lipinski definition) is 1. The molecule has 21 heavy (non-hydrogen) atoms. The Morgan fingerprint density at radius 1 is 1.14 bits per heavy atom. The maximum Gasteiger partial charge on any atom is 0.123 e. The van der Waals surface area contributed by atoms with Gasteiger partial charge in [-0.25, -0.2) is 0 Å². The molecular weight excluding hydrogens is 328 g/mol. The fourth-order valence-corrected chi connectivity index (χ4v) is 2.78. The smallest absolute Gasteiger partial charge is 0.123 e. The lowest BCUT2D eigenvalue weighted by Gasteiger charge is -2.24. The quantitative estimate of drug-likeness (QED) is 0.866. The molecule has 2 rings (SSSR count). The molecule has 0 fully saturated rings. The van der Waals surface area contributed by atoms with Crippen molar-refractivity contribution in [3.8, 4) is 5.75 Å². The number of anilines is 1. The number of nitrogens with two attached hydrogens (primary N) is 1. The molecule has 2 N–H and O–H groups in total. The van der Waals surface area contributed by atoms with Crippen LogP contribution in [0.2, 0.25) is 0 Å². The lowest BCUT2D eigenvalue weighted by Crippen LogP contribution is -2.19. The second-order valence-corrected chi connectivity index (χ2v) is 5.90. The Balaban J connectivity index is 2.27.